The van der Waals surface area contributed by atoms with Crippen molar-refractivity contribution in [2.45, 2.75) is 13.0 Å². The molecule has 0 unspecified atom stereocenters. The molecule has 0 aliphatic carbocycles. The third-order valence-electron chi connectivity index (χ3n) is 5.33. The largest absolute Gasteiger partial charge is 0.339 e. The zero-order chi connectivity index (χ0) is 21.9. The number of hydrogen-bond donors (Lipinski definition) is 2. The van der Waals surface area contributed by atoms with Crippen LogP contribution in [0.1, 0.15) is 11.5 Å². The molecular weight excluding hydrogens is 471 g/mol. The van der Waals surface area contributed by atoms with Gasteiger partial charge < -0.3 is 16.0 Å². The molecule has 3 aromatic heterocycles. The van der Waals surface area contributed by atoms with E-state index in [0.29, 0.717) is 36.9 Å². The van der Waals surface area contributed by atoms with Gasteiger partial charge in [-0.15, -0.1) is 24.8 Å². The Labute approximate surface area is 209 Å². The smallest absolute Gasteiger partial charge is 0.228 e. The lowest BCUT2D eigenvalue weighted by atomic mass is 9.96. The molecule has 7 nitrogen and oxygen atoms in total. The quantitative estimate of drug-likeness (QED) is 0.347. The van der Waals surface area contributed by atoms with Crippen LogP contribution in [0.5, 0.6) is 0 Å². The van der Waals surface area contributed by atoms with Gasteiger partial charge in [0.25, 0.3) is 0 Å². The average Bonchev–Trinajstić information content (AvgIpc) is 3.32. The fourth-order valence-corrected chi connectivity index (χ4v) is 3.71. The minimum atomic E-state index is 0. The molecule has 5 rings (SSSR count). The molecule has 0 aliphatic heterocycles. The van der Waals surface area contributed by atoms with Gasteiger partial charge in [-0.05, 0) is 23.3 Å². The summed E-state index contributed by atoms with van der Waals surface area (Å²) < 4.78 is 5.33. The highest BCUT2D eigenvalue weighted by Gasteiger charge is 2.17. The minimum absolute atomic E-state index is 0. The molecule has 3 heterocycles. The maximum Gasteiger partial charge on any atom is 0.228 e. The van der Waals surface area contributed by atoms with Crippen molar-refractivity contribution >= 4 is 35.7 Å². The third kappa shape index (κ3) is 4.93. The van der Waals surface area contributed by atoms with E-state index in [-0.39, 0.29) is 24.8 Å². The summed E-state index contributed by atoms with van der Waals surface area (Å²) in [6, 6.07) is 22.4. The van der Waals surface area contributed by atoms with Crippen LogP contribution < -0.4 is 11.5 Å². The van der Waals surface area contributed by atoms with E-state index in [1.807, 2.05) is 36.4 Å². The Morgan fingerprint density at radius 1 is 0.794 bits per heavy atom. The molecule has 0 atom stereocenters. The molecule has 0 radical (unpaired) electrons. The van der Waals surface area contributed by atoms with Gasteiger partial charge in [-0.3, -0.25) is 4.98 Å². The van der Waals surface area contributed by atoms with Crippen LogP contribution in [0.25, 0.3) is 44.8 Å². The van der Waals surface area contributed by atoms with E-state index < -0.39 is 0 Å². The average molecular weight is 495 g/mol. The maximum atomic E-state index is 5.78. The van der Waals surface area contributed by atoms with Gasteiger partial charge in [0.05, 0.1) is 11.2 Å². The van der Waals surface area contributed by atoms with E-state index >= 15 is 0 Å². The minimum Gasteiger partial charge on any atom is -0.339 e. The Hall–Kier alpha value is -3.36. The van der Waals surface area contributed by atoms with Gasteiger partial charge in [0.1, 0.15) is 5.69 Å². The van der Waals surface area contributed by atoms with Gasteiger partial charge in [0.15, 0.2) is 0 Å². The Bertz CT molecular complexity index is 1370. The Morgan fingerprint density at radius 2 is 1.56 bits per heavy atom. The summed E-state index contributed by atoms with van der Waals surface area (Å²) in [5.41, 5.74) is 17.9. The second kappa shape index (κ2) is 11.2. The van der Waals surface area contributed by atoms with E-state index in [2.05, 4.69) is 45.5 Å². The normalized spacial score (nSPS) is 10.5. The van der Waals surface area contributed by atoms with Crippen LogP contribution in [0.15, 0.2) is 77.4 Å². The molecule has 2 aromatic carbocycles. The van der Waals surface area contributed by atoms with Crippen molar-refractivity contribution in [2.75, 3.05) is 6.54 Å². The lowest BCUT2D eigenvalue weighted by Gasteiger charge is -2.13. The molecule has 9 heteroatoms. The first kappa shape index (κ1) is 25.3. The van der Waals surface area contributed by atoms with Gasteiger partial charge in [-0.2, -0.15) is 4.98 Å². The number of nitrogens with two attached hydrogens (primary N) is 2. The predicted molar refractivity (Wildman–Crippen MR) is 139 cm³/mol. The van der Waals surface area contributed by atoms with Gasteiger partial charge in [-0.25, -0.2) is 4.98 Å². The first-order valence-corrected chi connectivity index (χ1v) is 10.4. The van der Waals surface area contributed by atoms with E-state index in [1.165, 1.54) is 0 Å². The highest BCUT2D eigenvalue weighted by molar-refractivity contribution is 5.97. The van der Waals surface area contributed by atoms with Crippen molar-refractivity contribution in [3.63, 3.8) is 0 Å². The number of pyridine rings is 2. The van der Waals surface area contributed by atoms with Gasteiger partial charge in [-0.1, -0.05) is 59.8 Å². The summed E-state index contributed by atoms with van der Waals surface area (Å²) in [5, 5.41) is 4.97. The lowest BCUT2D eigenvalue weighted by molar-refractivity contribution is 0.380. The summed E-state index contributed by atoms with van der Waals surface area (Å²) in [6.45, 7) is 0.944. The Kier molecular flexibility index (Phi) is 8.31. The summed E-state index contributed by atoms with van der Waals surface area (Å²) in [4.78, 5) is 14.0. The zero-order valence-electron chi connectivity index (χ0n) is 18.2. The molecule has 0 saturated carbocycles. The van der Waals surface area contributed by atoms with Crippen molar-refractivity contribution < 1.29 is 4.52 Å². The van der Waals surface area contributed by atoms with Crippen LogP contribution in [0.3, 0.4) is 0 Å². The topological polar surface area (TPSA) is 117 Å². The Balaban J connectivity index is 0.00000162. The maximum absolute atomic E-state index is 5.78. The number of hydrogen-bond acceptors (Lipinski definition) is 7. The number of nitrogens with zero attached hydrogens (tertiary/aromatic N) is 4. The molecule has 0 fully saturated rings. The van der Waals surface area contributed by atoms with E-state index in [4.69, 9.17) is 21.0 Å². The standard InChI is InChI=1S/C25H22N6O.2ClH/c26-12-10-22-30-25(31-32-22)24-20-14-19(17-4-2-1-3-5-17)23(29-21(20)11-13-28-24)18-8-6-16(15-27)7-9-18;;/h1-9,11,13-14H,10,12,15,26-27H2;2*1H. The predicted octanol–water partition coefficient (Wildman–Crippen LogP) is 4.82. The molecule has 0 spiro atoms. The summed E-state index contributed by atoms with van der Waals surface area (Å²) >= 11 is 0. The zero-order valence-corrected chi connectivity index (χ0v) is 19.9. The summed E-state index contributed by atoms with van der Waals surface area (Å²) in [6.07, 6.45) is 2.24. The van der Waals surface area contributed by atoms with Crippen molar-refractivity contribution in [1.29, 1.82) is 0 Å². The second-order valence-corrected chi connectivity index (χ2v) is 7.43. The first-order valence-electron chi connectivity index (χ1n) is 10.4. The molecule has 0 bridgehead atoms. The highest BCUT2D eigenvalue weighted by atomic mass is 35.5. The summed E-state index contributed by atoms with van der Waals surface area (Å²) in [7, 11) is 0. The van der Waals surface area contributed by atoms with Crippen LogP contribution in [0, 0.1) is 0 Å². The molecule has 5 aromatic rings. The van der Waals surface area contributed by atoms with E-state index in [0.717, 1.165) is 38.9 Å². The molecule has 174 valence electrons. The van der Waals surface area contributed by atoms with Crippen LogP contribution in [-0.4, -0.2) is 26.7 Å². The number of fused-ring (bicyclic) bond motifs is 1. The fourth-order valence-electron chi connectivity index (χ4n) is 3.71. The highest BCUT2D eigenvalue weighted by Crippen LogP contribution is 2.35. The van der Waals surface area contributed by atoms with Crippen LogP contribution >= 0.6 is 24.8 Å². The first-order chi connectivity index (χ1) is 15.8. The fraction of sp³-hybridized carbons (Fsp3) is 0.120. The molecule has 0 aliphatic rings. The van der Waals surface area contributed by atoms with Crippen molar-refractivity contribution in [2.24, 2.45) is 11.5 Å². The number of aromatic nitrogens is 4. The van der Waals surface area contributed by atoms with Crippen molar-refractivity contribution in [1.82, 2.24) is 20.1 Å². The molecule has 34 heavy (non-hydrogen) atoms. The van der Waals surface area contributed by atoms with Gasteiger partial charge in [0, 0.05) is 42.2 Å². The van der Waals surface area contributed by atoms with Gasteiger partial charge in [0.2, 0.25) is 11.7 Å². The van der Waals surface area contributed by atoms with E-state index in [1.54, 1.807) is 6.20 Å². The van der Waals surface area contributed by atoms with E-state index in [9.17, 15) is 0 Å². The molecule has 4 N–H and O–H groups in total. The van der Waals surface area contributed by atoms with Crippen LogP contribution in [-0.2, 0) is 13.0 Å². The van der Waals surface area contributed by atoms with Crippen LogP contribution in [0.4, 0.5) is 0 Å². The number of halogens is 2. The van der Waals surface area contributed by atoms with Gasteiger partial charge >= 0.3 is 0 Å². The molecule has 0 amide bonds. The lowest BCUT2D eigenvalue weighted by Crippen LogP contribution is -2.02. The van der Waals surface area contributed by atoms with Crippen molar-refractivity contribution in [3.8, 4) is 33.9 Å². The number of rotatable bonds is 6. The SMILES string of the molecule is Cl.Cl.NCCc1nc(-c2nccc3nc(-c4ccc(CN)cc4)c(-c4ccccc4)cc23)no1. The Morgan fingerprint density at radius 3 is 2.26 bits per heavy atom. The molecule has 0 saturated heterocycles. The molecular formula is C25H24Cl2N6O. The number of benzene rings is 2. The monoisotopic (exact) mass is 494 g/mol. The third-order valence-corrected chi connectivity index (χ3v) is 5.33. The summed E-state index contributed by atoms with van der Waals surface area (Å²) in [5.74, 6) is 0.925. The second-order valence-electron chi connectivity index (χ2n) is 7.43. The van der Waals surface area contributed by atoms with Crippen LogP contribution in [0.2, 0.25) is 0 Å². The van der Waals surface area contributed by atoms with Crippen molar-refractivity contribution in [3.05, 3.63) is 84.4 Å².